The monoisotopic (exact) mass is 438 g/mol. The lowest BCUT2D eigenvalue weighted by Gasteiger charge is -2.18. The molecule has 4 nitrogen and oxygen atoms in total. The number of oxazole rings is 1. The lowest BCUT2D eigenvalue weighted by Crippen LogP contribution is -2.11. The minimum atomic E-state index is -0.283. The Morgan fingerprint density at radius 2 is 1.67 bits per heavy atom. The number of benzene rings is 3. The van der Waals surface area contributed by atoms with Crippen molar-refractivity contribution in [3.8, 4) is 11.5 Å². The molecule has 0 saturated heterocycles. The number of aromatic nitrogens is 1. The van der Waals surface area contributed by atoms with E-state index in [0.29, 0.717) is 38.3 Å². The molecule has 0 aliphatic carbocycles. The highest BCUT2D eigenvalue weighted by Crippen LogP contribution is 2.29. The molecule has 0 saturated carbocycles. The van der Waals surface area contributed by atoms with Crippen LogP contribution in [0.25, 0.3) is 22.6 Å². The van der Waals surface area contributed by atoms with Gasteiger partial charge in [0.15, 0.2) is 5.58 Å². The summed E-state index contributed by atoms with van der Waals surface area (Å²) in [6.45, 7) is 6.53. The third kappa shape index (κ3) is 4.20. The Morgan fingerprint density at radius 1 is 0.933 bits per heavy atom. The summed E-state index contributed by atoms with van der Waals surface area (Å²) >= 11 is 11.9. The van der Waals surface area contributed by atoms with E-state index in [-0.39, 0.29) is 11.3 Å². The van der Waals surface area contributed by atoms with Crippen LogP contribution in [0.2, 0.25) is 10.0 Å². The van der Waals surface area contributed by atoms with E-state index in [4.69, 9.17) is 27.6 Å². The molecule has 4 aromatic rings. The molecular weight excluding hydrogens is 419 g/mol. The molecule has 1 N–H and O–H groups in total. The van der Waals surface area contributed by atoms with Crippen LogP contribution < -0.4 is 5.32 Å². The number of carbonyl (C=O) groups excluding carboxylic acids is 1. The van der Waals surface area contributed by atoms with Crippen LogP contribution in [0, 0.1) is 0 Å². The van der Waals surface area contributed by atoms with Crippen molar-refractivity contribution in [2.24, 2.45) is 0 Å². The average Bonchev–Trinajstić information content (AvgIpc) is 3.13. The van der Waals surface area contributed by atoms with Gasteiger partial charge in [0, 0.05) is 16.8 Å². The van der Waals surface area contributed by atoms with Gasteiger partial charge in [-0.25, -0.2) is 4.98 Å². The Kier molecular flexibility index (Phi) is 5.31. The number of rotatable bonds is 3. The van der Waals surface area contributed by atoms with E-state index < -0.39 is 0 Å². The molecule has 1 amide bonds. The molecule has 0 radical (unpaired) electrons. The molecule has 30 heavy (non-hydrogen) atoms. The summed E-state index contributed by atoms with van der Waals surface area (Å²) in [6, 6.07) is 18.3. The number of hydrogen-bond donors (Lipinski definition) is 1. The van der Waals surface area contributed by atoms with E-state index >= 15 is 0 Å². The fourth-order valence-corrected chi connectivity index (χ4v) is 3.38. The second-order valence-corrected chi connectivity index (χ2v) is 8.93. The molecule has 0 fully saturated rings. The van der Waals surface area contributed by atoms with Gasteiger partial charge in [-0.1, -0.05) is 56.1 Å². The number of nitrogens with zero attached hydrogens (tertiary/aromatic N) is 1. The first-order valence-electron chi connectivity index (χ1n) is 9.48. The van der Waals surface area contributed by atoms with E-state index in [1.54, 1.807) is 30.3 Å². The van der Waals surface area contributed by atoms with Crippen molar-refractivity contribution in [1.29, 1.82) is 0 Å². The quantitative estimate of drug-likeness (QED) is 0.363. The molecule has 1 aromatic heterocycles. The lowest BCUT2D eigenvalue weighted by molar-refractivity contribution is 0.102. The summed E-state index contributed by atoms with van der Waals surface area (Å²) < 4.78 is 5.90. The van der Waals surface area contributed by atoms with Crippen molar-refractivity contribution in [1.82, 2.24) is 4.98 Å². The molecule has 0 spiro atoms. The molecule has 6 heteroatoms. The van der Waals surface area contributed by atoms with E-state index in [1.165, 1.54) is 11.6 Å². The van der Waals surface area contributed by atoms with Gasteiger partial charge in [0.25, 0.3) is 5.91 Å². The van der Waals surface area contributed by atoms with Crippen LogP contribution in [0.5, 0.6) is 0 Å². The van der Waals surface area contributed by atoms with Crippen LogP contribution in [0.15, 0.2) is 65.1 Å². The largest absolute Gasteiger partial charge is 0.436 e. The fourth-order valence-electron chi connectivity index (χ4n) is 3.08. The molecule has 0 bridgehead atoms. The molecule has 0 atom stereocenters. The van der Waals surface area contributed by atoms with Crippen molar-refractivity contribution < 1.29 is 9.21 Å². The predicted octanol–water partition coefficient (Wildman–Crippen LogP) is 7.35. The Hall–Kier alpha value is -2.82. The molecule has 0 aliphatic rings. The van der Waals surface area contributed by atoms with Crippen LogP contribution in [-0.2, 0) is 5.41 Å². The SMILES string of the molecule is CC(C)(C)c1ccc(-c2nc3cc(NC(=O)c4ccc(Cl)c(Cl)c4)ccc3o2)cc1. The maximum atomic E-state index is 12.5. The Labute approximate surface area is 184 Å². The molecule has 0 aliphatic heterocycles. The Morgan fingerprint density at radius 3 is 2.33 bits per heavy atom. The highest BCUT2D eigenvalue weighted by Gasteiger charge is 2.15. The van der Waals surface area contributed by atoms with Gasteiger partial charge in [-0.3, -0.25) is 4.79 Å². The minimum absolute atomic E-state index is 0.0846. The zero-order valence-corrected chi connectivity index (χ0v) is 18.3. The minimum Gasteiger partial charge on any atom is -0.436 e. The lowest BCUT2D eigenvalue weighted by atomic mass is 9.87. The maximum absolute atomic E-state index is 12.5. The Bertz CT molecular complexity index is 1240. The van der Waals surface area contributed by atoms with Gasteiger partial charge in [0.1, 0.15) is 5.52 Å². The smallest absolute Gasteiger partial charge is 0.255 e. The summed E-state index contributed by atoms with van der Waals surface area (Å²) in [6.07, 6.45) is 0. The second-order valence-electron chi connectivity index (χ2n) is 8.11. The highest BCUT2D eigenvalue weighted by molar-refractivity contribution is 6.42. The average molecular weight is 439 g/mol. The Balaban J connectivity index is 1.58. The van der Waals surface area contributed by atoms with Crippen LogP contribution in [0.4, 0.5) is 5.69 Å². The van der Waals surface area contributed by atoms with E-state index in [1.807, 2.05) is 12.1 Å². The number of fused-ring (bicyclic) bond motifs is 1. The number of halogens is 2. The number of nitrogens with one attached hydrogen (secondary N) is 1. The van der Waals surface area contributed by atoms with Gasteiger partial charge in [-0.2, -0.15) is 0 Å². The van der Waals surface area contributed by atoms with Crippen LogP contribution in [0.3, 0.4) is 0 Å². The number of amides is 1. The molecule has 0 unspecified atom stereocenters. The van der Waals surface area contributed by atoms with Crippen molar-refractivity contribution in [3.05, 3.63) is 81.8 Å². The summed E-state index contributed by atoms with van der Waals surface area (Å²) in [5, 5.41) is 3.58. The topological polar surface area (TPSA) is 55.1 Å². The fraction of sp³-hybridized carbons (Fsp3) is 0.167. The van der Waals surface area contributed by atoms with E-state index in [9.17, 15) is 4.79 Å². The van der Waals surface area contributed by atoms with Crippen molar-refractivity contribution in [2.45, 2.75) is 26.2 Å². The number of anilines is 1. The first-order valence-corrected chi connectivity index (χ1v) is 10.2. The van der Waals surface area contributed by atoms with Crippen molar-refractivity contribution in [2.75, 3.05) is 5.32 Å². The van der Waals surface area contributed by atoms with Crippen molar-refractivity contribution >= 4 is 45.9 Å². The summed E-state index contributed by atoms with van der Waals surface area (Å²) in [4.78, 5) is 17.1. The van der Waals surface area contributed by atoms with Gasteiger partial charge >= 0.3 is 0 Å². The third-order valence-corrected chi connectivity index (χ3v) is 5.56. The zero-order valence-electron chi connectivity index (χ0n) is 16.8. The predicted molar refractivity (Wildman–Crippen MR) is 123 cm³/mol. The second kappa shape index (κ2) is 7.78. The molecule has 1 heterocycles. The van der Waals surface area contributed by atoms with E-state index in [2.05, 4.69) is 43.2 Å². The first kappa shape index (κ1) is 20.5. The summed E-state index contributed by atoms with van der Waals surface area (Å²) in [7, 11) is 0. The molecule has 3 aromatic carbocycles. The van der Waals surface area contributed by atoms with Crippen LogP contribution in [0.1, 0.15) is 36.7 Å². The van der Waals surface area contributed by atoms with Gasteiger partial charge in [-0.05, 0) is 59.5 Å². The van der Waals surface area contributed by atoms with Crippen LogP contribution in [-0.4, -0.2) is 10.9 Å². The molecule has 152 valence electrons. The number of carbonyl (C=O) groups is 1. The standard InChI is InChI=1S/C24H20Cl2N2O2/c1-24(2,3)16-7-4-14(5-8-16)23-28-20-13-17(9-11-21(20)30-23)27-22(29)15-6-10-18(25)19(26)12-15/h4-13H,1-3H3,(H,27,29). The normalized spacial score (nSPS) is 11.6. The summed E-state index contributed by atoms with van der Waals surface area (Å²) in [5.74, 6) is 0.257. The van der Waals surface area contributed by atoms with Gasteiger partial charge < -0.3 is 9.73 Å². The zero-order chi connectivity index (χ0) is 21.5. The number of hydrogen-bond acceptors (Lipinski definition) is 3. The van der Waals surface area contributed by atoms with E-state index in [0.717, 1.165) is 5.56 Å². The van der Waals surface area contributed by atoms with Gasteiger partial charge in [0.05, 0.1) is 10.0 Å². The molecular formula is C24H20Cl2N2O2. The third-order valence-electron chi connectivity index (χ3n) is 4.83. The highest BCUT2D eigenvalue weighted by atomic mass is 35.5. The first-order chi connectivity index (χ1) is 14.2. The summed E-state index contributed by atoms with van der Waals surface area (Å²) in [5.41, 5.74) is 4.58. The molecule has 4 rings (SSSR count). The van der Waals surface area contributed by atoms with Gasteiger partial charge in [0.2, 0.25) is 5.89 Å². The van der Waals surface area contributed by atoms with Crippen LogP contribution >= 0.6 is 23.2 Å². The maximum Gasteiger partial charge on any atom is 0.255 e. The van der Waals surface area contributed by atoms with Gasteiger partial charge in [-0.15, -0.1) is 0 Å². The van der Waals surface area contributed by atoms with Crippen molar-refractivity contribution in [3.63, 3.8) is 0 Å².